The number of nitrogens with two attached hydrogens (primary N) is 1. The Labute approximate surface area is 152 Å². The van der Waals surface area contributed by atoms with Crippen molar-refractivity contribution in [1.29, 1.82) is 0 Å². The van der Waals surface area contributed by atoms with Crippen LogP contribution in [0.3, 0.4) is 0 Å². The van der Waals surface area contributed by atoms with Crippen LogP contribution in [0.15, 0.2) is 23.1 Å². The fourth-order valence-corrected chi connectivity index (χ4v) is 5.04. The number of sulfonamides is 1. The zero-order chi connectivity index (χ0) is 18.1. The summed E-state index contributed by atoms with van der Waals surface area (Å²) in [7, 11) is -0.120. The summed E-state index contributed by atoms with van der Waals surface area (Å²) in [5.41, 5.74) is -0.833. The Morgan fingerprint density at radius 1 is 1.46 bits per heavy atom. The minimum atomic E-state index is -3.96. The average Bonchev–Trinajstić information content (AvgIpc) is 2.82. The molecule has 1 aromatic rings. The Morgan fingerprint density at radius 2 is 2.12 bits per heavy atom. The lowest BCUT2D eigenvalue weighted by Crippen LogP contribution is -2.47. The number of unbranched alkanes of at least 4 members (excludes halogenated alkanes) is 1. The Hall–Kier alpha value is -0.800. The molecule has 2 rings (SSSR count). The van der Waals surface area contributed by atoms with E-state index in [-0.39, 0.29) is 9.92 Å². The van der Waals surface area contributed by atoms with Crippen LogP contribution < -0.4 is 5.14 Å². The molecule has 1 aromatic carbocycles. The Morgan fingerprint density at radius 3 is 2.67 bits per heavy atom. The van der Waals surface area contributed by atoms with Crippen LogP contribution in [0.5, 0.6) is 0 Å². The molecular weight excluding hydrogens is 370 g/mol. The van der Waals surface area contributed by atoms with Gasteiger partial charge in [0.05, 0.1) is 31.4 Å². The van der Waals surface area contributed by atoms with Crippen LogP contribution in [0.25, 0.3) is 0 Å². The quantitative estimate of drug-likeness (QED) is 0.743. The molecule has 9 heteroatoms. The van der Waals surface area contributed by atoms with E-state index < -0.39 is 15.7 Å². The molecular formula is C15H23ClN3O3S2+. The van der Waals surface area contributed by atoms with Crippen LogP contribution >= 0.6 is 23.4 Å². The highest BCUT2D eigenvalue weighted by Gasteiger charge is 2.51. The van der Waals surface area contributed by atoms with Crippen LogP contribution in [-0.4, -0.2) is 54.6 Å². The first-order chi connectivity index (χ1) is 11.1. The molecule has 134 valence electrons. The van der Waals surface area contributed by atoms with E-state index in [0.29, 0.717) is 17.9 Å². The van der Waals surface area contributed by atoms with Gasteiger partial charge in [-0.2, -0.15) is 0 Å². The van der Waals surface area contributed by atoms with Crippen molar-refractivity contribution in [3.05, 3.63) is 28.8 Å². The fourth-order valence-electron chi connectivity index (χ4n) is 2.66. The van der Waals surface area contributed by atoms with Gasteiger partial charge in [0.15, 0.2) is 0 Å². The second kappa shape index (κ2) is 7.21. The molecule has 0 bridgehead atoms. The summed E-state index contributed by atoms with van der Waals surface area (Å²) >= 11 is 7.49. The van der Waals surface area contributed by atoms with E-state index in [1.807, 2.05) is 23.6 Å². The van der Waals surface area contributed by atoms with Crippen molar-refractivity contribution in [2.45, 2.75) is 30.4 Å². The third-order valence-corrected chi connectivity index (χ3v) is 6.68. The predicted octanol–water partition coefficient (Wildman–Crippen LogP) is 1.61. The van der Waals surface area contributed by atoms with Gasteiger partial charge >= 0.3 is 5.17 Å². The Bertz CT molecular complexity index is 763. The van der Waals surface area contributed by atoms with Crippen LogP contribution in [0.2, 0.25) is 5.02 Å². The molecule has 3 N–H and O–H groups in total. The first kappa shape index (κ1) is 19.5. The Balaban J connectivity index is 2.54. The monoisotopic (exact) mass is 392 g/mol. The summed E-state index contributed by atoms with van der Waals surface area (Å²) in [6.45, 7) is 2.75. The fraction of sp³-hybridized carbons (Fsp3) is 0.533. The second-order valence-electron chi connectivity index (χ2n) is 5.98. The average molecular weight is 393 g/mol. The van der Waals surface area contributed by atoms with Crippen LogP contribution in [0.1, 0.15) is 25.3 Å². The number of hydrogen-bond acceptors (Lipinski definition) is 4. The number of hydrogen-bond donors (Lipinski definition) is 2. The maximum Gasteiger partial charge on any atom is 0.310 e. The summed E-state index contributed by atoms with van der Waals surface area (Å²) in [6.07, 6.45) is 1.90. The summed E-state index contributed by atoms with van der Waals surface area (Å²) in [4.78, 5) is 1.74. The molecule has 1 aliphatic heterocycles. The molecule has 1 fully saturated rings. The third kappa shape index (κ3) is 3.72. The first-order valence-corrected chi connectivity index (χ1v) is 10.5. The molecule has 1 heterocycles. The molecule has 1 unspecified atom stereocenters. The highest BCUT2D eigenvalue weighted by molar-refractivity contribution is 8.13. The van der Waals surface area contributed by atoms with Gasteiger partial charge in [0.25, 0.3) is 0 Å². The largest absolute Gasteiger partial charge is 0.349 e. The highest BCUT2D eigenvalue weighted by Crippen LogP contribution is 2.40. The van der Waals surface area contributed by atoms with E-state index in [1.165, 1.54) is 23.9 Å². The molecule has 0 aliphatic carbocycles. The van der Waals surface area contributed by atoms with Gasteiger partial charge in [-0.3, -0.25) is 4.58 Å². The van der Waals surface area contributed by atoms with E-state index in [0.717, 1.165) is 18.0 Å². The number of halogens is 1. The van der Waals surface area contributed by atoms with Gasteiger partial charge in [0.2, 0.25) is 15.7 Å². The molecule has 1 aliphatic rings. The summed E-state index contributed by atoms with van der Waals surface area (Å²) in [6, 6.07) is 4.48. The predicted molar refractivity (Wildman–Crippen MR) is 97.9 cm³/mol. The summed E-state index contributed by atoms with van der Waals surface area (Å²) in [5, 5.41) is 17.6. The molecule has 1 saturated heterocycles. The molecule has 0 amide bonds. The zero-order valence-electron chi connectivity index (χ0n) is 14.0. The minimum Gasteiger partial charge on any atom is -0.349 e. The van der Waals surface area contributed by atoms with E-state index in [1.54, 1.807) is 6.07 Å². The normalized spacial score (nSPS) is 21.4. The van der Waals surface area contributed by atoms with Crippen molar-refractivity contribution in [1.82, 2.24) is 4.90 Å². The van der Waals surface area contributed by atoms with Crippen molar-refractivity contribution >= 4 is 38.6 Å². The van der Waals surface area contributed by atoms with Crippen molar-refractivity contribution in [3.8, 4) is 0 Å². The lowest BCUT2D eigenvalue weighted by Gasteiger charge is -2.29. The third-order valence-electron chi connectivity index (χ3n) is 3.90. The maximum absolute atomic E-state index is 11.7. The van der Waals surface area contributed by atoms with Crippen LogP contribution in [0, 0.1) is 0 Å². The van der Waals surface area contributed by atoms with Gasteiger partial charge in [-0.05, 0) is 30.3 Å². The van der Waals surface area contributed by atoms with Crippen LogP contribution in [0.4, 0.5) is 0 Å². The number of benzene rings is 1. The van der Waals surface area contributed by atoms with Crippen molar-refractivity contribution in [2.24, 2.45) is 5.14 Å². The smallest absolute Gasteiger partial charge is 0.310 e. The number of thioether (sulfide) groups is 1. The first-order valence-electron chi connectivity index (χ1n) is 7.61. The number of aliphatic hydroxyl groups is 1. The topological polar surface area (TPSA) is 86.6 Å². The molecule has 0 aromatic heterocycles. The molecule has 0 saturated carbocycles. The highest BCUT2D eigenvalue weighted by atomic mass is 35.5. The molecule has 1 atom stereocenters. The summed E-state index contributed by atoms with van der Waals surface area (Å²) < 4.78 is 25.4. The van der Waals surface area contributed by atoms with Crippen LogP contribution in [-0.2, 0) is 15.7 Å². The SMILES string of the molecule is CCCCN1C(=[N+](C)C)SCC1(O)c1ccc(Cl)c(S(N)(=O)=O)c1. The van der Waals surface area contributed by atoms with Crippen molar-refractivity contribution in [3.63, 3.8) is 0 Å². The molecule has 0 spiro atoms. The van der Waals surface area contributed by atoms with Gasteiger partial charge in [-0.1, -0.05) is 31.0 Å². The van der Waals surface area contributed by atoms with E-state index in [2.05, 4.69) is 6.92 Å². The van der Waals surface area contributed by atoms with E-state index in [9.17, 15) is 13.5 Å². The van der Waals surface area contributed by atoms with Gasteiger partial charge in [0, 0.05) is 5.56 Å². The second-order valence-corrected chi connectivity index (χ2v) is 8.86. The van der Waals surface area contributed by atoms with Gasteiger partial charge < -0.3 is 5.11 Å². The zero-order valence-corrected chi connectivity index (χ0v) is 16.4. The van der Waals surface area contributed by atoms with Crippen molar-refractivity contribution < 1.29 is 18.1 Å². The van der Waals surface area contributed by atoms with Gasteiger partial charge in [-0.25, -0.2) is 18.5 Å². The lowest BCUT2D eigenvalue weighted by atomic mass is 10.0. The van der Waals surface area contributed by atoms with Crippen molar-refractivity contribution in [2.75, 3.05) is 26.4 Å². The number of rotatable bonds is 5. The number of amidine groups is 1. The summed E-state index contributed by atoms with van der Waals surface area (Å²) in [5.74, 6) is 0.399. The van der Waals surface area contributed by atoms with E-state index in [4.69, 9.17) is 16.7 Å². The lowest BCUT2D eigenvalue weighted by molar-refractivity contribution is -0.468. The molecule has 24 heavy (non-hydrogen) atoms. The standard InChI is InChI=1S/C15H23ClN3O3S2/c1-4-5-8-19-14(18(2)3)23-10-15(19,20)11-6-7-12(16)13(9-11)24(17,21)22/h6-7,9,20H,4-5,8,10H2,1-3H3,(H2,17,21,22)/q+1. The Kier molecular flexibility index (Phi) is 5.87. The minimum absolute atomic E-state index is 0.0485. The van der Waals surface area contributed by atoms with Gasteiger partial charge in [0.1, 0.15) is 4.90 Å². The maximum atomic E-state index is 11.7. The van der Waals surface area contributed by atoms with Gasteiger partial charge in [-0.15, -0.1) is 0 Å². The number of primary sulfonamides is 1. The molecule has 0 radical (unpaired) electrons. The molecule has 6 nitrogen and oxygen atoms in total. The van der Waals surface area contributed by atoms with E-state index >= 15 is 0 Å². The number of nitrogens with zero attached hydrogens (tertiary/aromatic N) is 2.